The first-order valence-electron chi connectivity index (χ1n) is 7.17. The van der Waals surface area contributed by atoms with Crippen molar-refractivity contribution in [2.24, 2.45) is 5.92 Å². The molecule has 1 saturated heterocycles. The smallest absolute Gasteiger partial charge is 0.225 e. The Morgan fingerprint density at radius 3 is 2.76 bits per heavy atom. The first-order valence-corrected chi connectivity index (χ1v) is 7.17. The maximum Gasteiger partial charge on any atom is 0.225 e. The van der Waals surface area contributed by atoms with Gasteiger partial charge in [-0.15, -0.1) is 0 Å². The Labute approximate surface area is 124 Å². The van der Waals surface area contributed by atoms with Crippen molar-refractivity contribution in [3.63, 3.8) is 0 Å². The van der Waals surface area contributed by atoms with Gasteiger partial charge in [0.05, 0.1) is 6.10 Å². The van der Waals surface area contributed by atoms with Crippen molar-refractivity contribution < 1.29 is 19.4 Å². The zero-order valence-corrected chi connectivity index (χ0v) is 12.3. The summed E-state index contributed by atoms with van der Waals surface area (Å²) >= 11 is 0. The second-order valence-electron chi connectivity index (χ2n) is 5.55. The summed E-state index contributed by atoms with van der Waals surface area (Å²) < 4.78 is 5.37. The number of anilines is 1. The Kier molecular flexibility index (Phi) is 4.96. The number of hydrogen-bond donors (Lipinski definition) is 1. The van der Waals surface area contributed by atoms with Gasteiger partial charge in [-0.05, 0) is 38.3 Å². The lowest BCUT2D eigenvalue weighted by Crippen LogP contribution is -2.40. The van der Waals surface area contributed by atoms with Crippen LogP contribution in [0.25, 0.3) is 0 Å². The molecule has 21 heavy (non-hydrogen) atoms. The lowest BCUT2D eigenvalue weighted by Gasteiger charge is -2.23. The molecule has 0 aromatic heterocycles. The molecule has 1 fully saturated rings. The fourth-order valence-corrected chi connectivity index (χ4v) is 2.64. The van der Waals surface area contributed by atoms with Gasteiger partial charge >= 0.3 is 0 Å². The summed E-state index contributed by atoms with van der Waals surface area (Å²) in [7, 11) is 0. The molecule has 1 aromatic carbocycles. The number of ether oxygens (including phenoxy) is 1. The second kappa shape index (κ2) is 6.72. The van der Waals surface area contributed by atoms with Gasteiger partial charge in [0.2, 0.25) is 5.91 Å². The van der Waals surface area contributed by atoms with Crippen LogP contribution in [-0.2, 0) is 14.3 Å². The molecule has 0 bridgehead atoms. The summed E-state index contributed by atoms with van der Waals surface area (Å²) in [5.41, 5.74) is 2.76. The molecule has 0 spiro atoms. The molecule has 5 nitrogen and oxygen atoms in total. The number of amides is 1. The first kappa shape index (κ1) is 15.5. The van der Waals surface area contributed by atoms with E-state index in [2.05, 4.69) is 5.32 Å². The van der Waals surface area contributed by atoms with Gasteiger partial charge in [0, 0.05) is 30.6 Å². The SMILES string of the molecule is Cc1ccc(NC(=O)C[C@H](C(=O)[O-])[C@@H]2CCCO2)c(C)c1. The van der Waals surface area contributed by atoms with E-state index in [1.807, 2.05) is 32.0 Å². The summed E-state index contributed by atoms with van der Waals surface area (Å²) in [6.45, 7) is 4.42. The standard InChI is InChI=1S/C16H21NO4/c1-10-5-6-13(11(2)8-10)17-15(18)9-12(16(19)20)14-4-3-7-21-14/h5-6,8,12,14H,3-4,7,9H2,1-2H3,(H,17,18)(H,19,20)/p-1/t12-,14-/m0/s1. The van der Waals surface area contributed by atoms with E-state index in [0.29, 0.717) is 18.7 Å². The van der Waals surface area contributed by atoms with Gasteiger partial charge in [0.1, 0.15) is 0 Å². The van der Waals surface area contributed by atoms with Gasteiger partial charge < -0.3 is 20.0 Å². The van der Waals surface area contributed by atoms with Gasteiger partial charge in [-0.1, -0.05) is 17.7 Å². The Balaban J connectivity index is 2.00. The van der Waals surface area contributed by atoms with Crippen LogP contribution in [0.2, 0.25) is 0 Å². The molecule has 0 unspecified atom stereocenters. The minimum Gasteiger partial charge on any atom is -0.550 e. The highest BCUT2D eigenvalue weighted by molar-refractivity contribution is 5.93. The van der Waals surface area contributed by atoms with E-state index in [-0.39, 0.29) is 12.3 Å². The predicted octanol–water partition coefficient (Wildman–Crippen LogP) is 1.18. The highest BCUT2D eigenvalue weighted by Gasteiger charge is 2.29. The van der Waals surface area contributed by atoms with Crippen molar-refractivity contribution in [1.29, 1.82) is 0 Å². The molecule has 1 aliphatic heterocycles. The Morgan fingerprint density at radius 1 is 1.43 bits per heavy atom. The molecule has 1 aromatic rings. The minimum atomic E-state index is -1.22. The van der Waals surface area contributed by atoms with Crippen molar-refractivity contribution >= 4 is 17.6 Å². The lowest BCUT2D eigenvalue weighted by atomic mass is 9.96. The molecule has 5 heteroatoms. The third kappa shape index (κ3) is 4.04. The summed E-state index contributed by atoms with van der Waals surface area (Å²) in [6.07, 6.45) is 0.947. The highest BCUT2D eigenvalue weighted by Crippen LogP contribution is 2.24. The predicted molar refractivity (Wildman–Crippen MR) is 76.6 cm³/mol. The summed E-state index contributed by atoms with van der Waals surface area (Å²) in [5, 5.41) is 14.0. The summed E-state index contributed by atoms with van der Waals surface area (Å²) in [5.74, 6) is -2.44. The van der Waals surface area contributed by atoms with Gasteiger partial charge in [-0.25, -0.2) is 0 Å². The van der Waals surface area contributed by atoms with Gasteiger partial charge in [-0.3, -0.25) is 4.79 Å². The Bertz CT molecular complexity index is 535. The molecular formula is C16H20NO4-. The number of aryl methyl sites for hydroxylation is 2. The number of carbonyl (C=O) groups is 2. The van der Waals surface area contributed by atoms with Gasteiger partial charge in [0.15, 0.2) is 0 Å². The van der Waals surface area contributed by atoms with E-state index < -0.39 is 18.0 Å². The fraction of sp³-hybridized carbons (Fsp3) is 0.500. The highest BCUT2D eigenvalue weighted by atomic mass is 16.5. The van der Waals surface area contributed by atoms with Crippen molar-refractivity contribution in [1.82, 2.24) is 0 Å². The zero-order valence-electron chi connectivity index (χ0n) is 12.3. The van der Waals surface area contributed by atoms with E-state index in [9.17, 15) is 14.7 Å². The summed E-state index contributed by atoms with van der Waals surface area (Å²) in [4.78, 5) is 23.3. The normalized spacial score (nSPS) is 19.2. The van der Waals surface area contributed by atoms with Crippen LogP contribution in [0.1, 0.15) is 30.4 Å². The van der Waals surface area contributed by atoms with Crippen LogP contribution in [0.15, 0.2) is 18.2 Å². The molecule has 1 aliphatic rings. The molecule has 0 aliphatic carbocycles. The molecule has 1 heterocycles. The number of benzene rings is 1. The van der Waals surface area contributed by atoms with Crippen molar-refractivity contribution in [2.45, 2.75) is 39.2 Å². The van der Waals surface area contributed by atoms with Crippen molar-refractivity contribution in [3.8, 4) is 0 Å². The number of aliphatic carboxylic acids is 1. The number of carboxylic acid groups (broad SMARTS) is 1. The molecule has 1 N–H and O–H groups in total. The van der Waals surface area contributed by atoms with Gasteiger partial charge in [-0.2, -0.15) is 0 Å². The number of rotatable bonds is 5. The Hall–Kier alpha value is -1.88. The number of carboxylic acids is 1. The topological polar surface area (TPSA) is 78.5 Å². The molecule has 0 radical (unpaired) electrons. The van der Waals surface area contributed by atoms with Crippen LogP contribution in [0.4, 0.5) is 5.69 Å². The molecule has 2 atom stereocenters. The van der Waals surface area contributed by atoms with Crippen LogP contribution < -0.4 is 10.4 Å². The van der Waals surface area contributed by atoms with E-state index in [0.717, 1.165) is 17.5 Å². The maximum absolute atomic E-state index is 12.1. The van der Waals surface area contributed by atoms with Crippen LogP contribution in [0.3, 0.4) is 0 Å². The second-order valence-corrected chi connectivity index (χ2v) is 5.55. The molecule has 1 amide bonds. The monoisotopic (exact) mass is 290 g/mol. The number of nitrogens with one attached hydrogen (secondary N) is 1. The van der Waals surface area contributed by atoms with E-state index in [1.165, 1.54) is 0 Å². The van der Waals surface area contributed by atoms with Crippen LogP contribution in [-0.4, -0.2) is 24.6 Å². The molecule has 114 valence electrons. The zero-order chi connectivity index (χ0) is 15.4. The average Bonchev–Trinajstić information content (AvgIpc) is 2.92. The third-order valence-corrected chi connectivity index (χ3v) is 3.78. The van der Waals surface area contributed by atoms with E-state index in [4.69, 9.17) is 4.74 Å². The van der Waals surface area contributed by atoms with E-state index in [1.54, 1.807) is 0 Å². The first-order chi connectivity index (χ1) is 9.97. The minimum absolute atomic E-state index is 0.125. The van der Waals surface area contributed by atoms with Crippen LogP contribution in [0.5, 0.6) is 0 Å². The van der Waals surface area contributed by atoms with Crippen LogP contribution in [0, 0.1) is 19.8 Å². The molecule has 2 rings (SSSR count). The van der Waals surface area contributed by atoms with Crippen molar-refractivity contribution in [3.05, 3.63) is 29.3 Å². The van der Waals surface area contributed by atoms with Gasteiger partial charge in [0.25, 0.3) is 0 Å². The average molecular weight is 290 g/mol. The third-order valence-electron chi connectivity index (χ3n) is 3.78. The largest absolute Gasteiger partial charge is 0.550 e. The van der Waals surface area contributed by atoms with E-state index >= 15 is 0 Å². The molecular weight excluding hydrogens is 270 g/mol. The molecule has 0 saturated carbocycles. The maximum atomic E-state index is 12.1. The van der Waals surface area contributed by atoms with Crippen molar-refractivity contribution in [2.75, 3.05) is 11.9 Å². The summed E-state index contributed by atoms with van der Waals surface area (Å²) in [6, 6.07) is 5.69. The van der Waals surface area contributed by atoms with Crippen LogP contribution >= 0.6 is 0 Å². The quantitative estimate of drug-likeness (QED) is 0.883. The fourth-order valence-electron chi connectivity index (χ4n) is 2.64. The lowest BCUT2D eigenvalue weighted by molar-refractivity contribution is -0.314. The Morgan fingerprint density at radius 2 is 2.19 bits per heavy atom. The number of hydrogen-bond acceptors (Lipinski definition) is 4. The number of carbonyl (C=O) groups excluding carboxylic acids is 2.